The highest BCUT2D eigenvalue weighted by atomic mass is 15.1. The molecule has 0 saturated carbocycles. The van der Waals surface area contributed by atoms with Crippen molar-refractivity contribution in [3.63, 3.8) is 0 Å². The second-order valence-corrected chi connectivity index (χ2v) is 4.48. The van der Waals surface area contributed by atoms with Gasteiger partial charge in [0.1, 0.15) is 0 Å². The third-order valence-corrected chi connectivity index (χ3v) is 2.98. The second kappa shape index (κ2) is 4.50. The fourth-order valence-electron chi connectivity index (χ4n) is 2.01. The summed E-state index contributed by atoms with van der Waals surface area (Å²) in [6.07, 6.45) is 0. The van der Waals surface area contributed by atoms with Gasteiger partial charge in [0.15, 0.2) is 0 Å². The van der Waals surface area contributed by atoms with E-state index in [2.05, 4.69) is 42.2 Å². The number of aryl methyl sites for hydroxylation is 1. The Morgan fingerprint density at radius 3 is 2.12 bits per heavy atom. The molecule has 2 aromatic carbocycles. The molecular formula is C15H18N2. The molecule has 0 bridgehead atoms. The zero-order chi connectivity index (χ0) is 12.4. The van der Waals surface area contributed by atoms with Gasteiger partial charge in [0.2, 0.25) is 0 Å². The van der Waals surface area contributed by atoms with Crippen molar-refractivity contribution in [3.8, 4) is 11.1 Å². The van der Waals surface area contributed by atoms with Gasteiger partial charge in [-0.05, 0) is 36.2 Å². The zero-order valence-corrected chi connectivity index (χ0v) is 10.6. The van der Waals surface area contributed by atoms with Crippen LogP contribution in [-0.2, 0) is 0 Å². The van der Waals surface area contributed by atoms with E-state index in [1.54, 1.807) is 0 Å². The van der Waals surface area contributed by atoms with Crippen LogP contribution in [0.25, 0.3) is 11.1 Å². The number of benzene rings is 2. The van der Waals surface area contributed by atoms with Crippen LogP contribution in [0.2, 0.25) is 0 Å². The molecule has 0 aliphatic heterocycles. The molecule has 2 rings (SSSR count). The Balaban J connectivity index is 2.47. The maximum Gasteiger partial charge on any atom is 0.0396 e. The fourth-order valence-corrected chi connectivity index (χ4v) is 2.01. The molecule has 2 heteroatoms. The van der Waals surface area contributed by atoms with E-state index in [0.29, 0.717) is 0 Å². The van der Waals surface area contributed by atoms with Crippen molar-refractivity contribution in [2.75, 3.05) is 24.7 Å². The Labute approximate surface area is 103 Å². The van der Waals surface area contributed by atoms with E-state index < -0.39 is 0 Å². The maximum atomic E-state index is 6.04. The van der Waals surface area contributed by atoms with Crippen molar-refractivity contribution in [3.05, 3.63) is 48.0 Å². The Bertz CT molecular complexity index is 493. The van der Waals surface area contributed by atoms with Gasteiger partial charge >= 0.3 is 0 Å². The van der Waals surface area contributed by atoms with E-state index in [1.807, 2.05) is 26.2 Å². The summed E-state index contributed by atoms with van der Waals surface area (Å²) in [4.78, 5) is 2.09. The lowest BCUT2D eigenvalue weighted by Gasteiger charge is -2.14. The van der Waals surface area contributed by atoms with Crippen LogP contribution in [-0.4, -0.2) is 14.1 Å². The van der Waals surface area contributed by atoms with Crippen molar-refractivity contribution in [2.45, 2.75) is 6.92 Å². The number of nitrogen functional groups attached to an aromatic ring is 1. The lowest BCUT2D eigenvalue weighted by Crippen LogP contribution is -2.08. The second-order valence-electron chi connectivity index (χ2n) is 4.48. The van der Waals surface area contributed by atoms with Crippen LogP contribution in [0.5, 0.6) is 0 Å². The minimum atomic E-state index is 0.836. The molecule has 0 radical (unpaired) electrons. The Hall–Kier alpha value is -1.96. The van der Waals surface area contributed by atoms with Crippen LogP contribution < -0.4 is 10.6 Å². The highest BCUT2D eigenvalue weighted by Crippen LogP contribution is 2.30. The van der Waals surface area contributed by atoms with Crippen molar-refractivity contribution in [1.29, 1.82) is 0 Å². The van der Waals surface area contributed by atoms with E-state index in [0.717, 1.165) is 11.3 Å². The van der Waals surface area contributed by atoms with E-state index in [4.69, 9.17) is 5.73 Å². The molecule has 0 aromatic heterocycles. The van der Waals surface area contributed by atoms with Crippen molar-refractivity contribution < 1.29 is 0 Å². The van der Waals surface area contributed by atoms with Gasteiger partial charge in [-0.3, -0.25) is 0 Å². The molecule has 2 aromatic rings. The first-order valence-electron chi connectivity index (χ1n) is 5.72. The highest BCUT2D eigenvalue weighted by molar-refractivity contribution is 5.80. The number of hydrogen-bond acceptors (Lipinski definition) is 2. The molecule has 2 nitrogen and oxygen atoms in total. The molecular weight excluding hydrogens is 208 g/mol. The largest absolute Gasteiger partial charge is 0.398 e. The number of rotatable bonds is 2. The first kappa shape index (κ1) is 11.5. The lowest BCUT2D eigenvalue weighted by atomic mass is 9.98. The normalized spacial score (nSPS) is 10.3. The SMILES string of the molecule is Cc1cccc(N)c1-c1ccc(N(C)C)cc1. The fraction of sp³-hybridized carbons (Fsp3) is 0.200. The summed E-state index contributed by atoms with van der Waals surface area (Å²) in [5.74, 6) is 0. The van der Waals surface area contributed by atoms with Gasteiger partial charge in [-0.25, -0.2) is 0 Å². The molecule has 0 saturated heterocycles. The van der Waals surface area contributed by atoms with Crippen LogP contribution in [0.3, 0.4) is 0 Å². The first-order valence-corrected chi connectivity index (χ1v) is 5.72. The topological polar surface area (TPSA) is 29.3 Å². The molecule has 0 heterocycles. The number of nitrogens with zero attached hydrogens (tertiary/aromatic N) is 1. The standard InChI is InChI=1S/C15H18N2/c1-11-5-4-6-14(16)15(11)12-7-9-13(10-8-12)17(2)3/h4-10H,16H2,1-3H3. The third kappa shape index (κ3) is 2.26. The van der Waals surface area contributed by atoms with Crippen LogP contribution in [0.1, 0.15) is 5.56 Å². The summed E-state index contributed by atoms with van der Waals surface area (Å²) in [6, 6.07) is 14.5. The molecule has 0 aliphatic carbocycles. The highest BCUT2D eigenvalue weighted by Gasteiger charge is 2.05. The summed E-state index contributed by atoms with van der Waals surface area (Å²) in [7, 11) is 4.08. The number of anilines is 2. The first-order chi connectivity index (χ1) is 8.09. The quantitative estimate of drug-likeness (QED) is 0.796. The van der Waals surface area contributed by atoms with Gasteiger partial charge in [0, 0.05) is 31.0 Å². The smallest absolute Gasteiger partial charge is 0.0396 e. The minimum Gasteiger partial charge on any atom is -0.398 e. The number of nitrogens with two attached hydrogens (primary N) is 1. The van der Waals surface area contributed by atoms with Crippen molar-refractivity contribution in [2.24, 2.45) is 0 Å². The molecule has 0 atom stereocenters. The monoisotopic (exact) mass is 226 g/mol. The molecule has 88 valence electrons. The Morgan fingerprint density at radius 1 is 0.941 bits per heavy atom. The zero-order valence-electron chi connectivity index (χ0n) is 10.6. The summed E-state index contributed by atoms with van der Waals surface area (Å²) < 4.78 is 0. The van der Waals surface area contributed by atoms with Gasteiger partial charge in [0.25, 0.3) is 0 Å². The average Bonchev–Trinajstić information content (AvgIpc) is 2.29. The molecule has 0 aliphatic rings. The van der Waals surface area contributed by atoms with Gasteiger partial charge in [0.05, 0.1) is 0 Å². The Morgan fingerprint density at radius 2 is 1.59 bits per heavy atom. The Kier molecular flexibility index (Phi) is 3.05. The van der Waals surface area contributed by atoms with E-state index in [1.165, 1.54) is 16.8 Å². The average molecular weight is 226 g/mol. The summed E-state index contributed by atoms with van der Waals surface area (Å²) >= 11 is 0. The maximum absolute atomic E-state index is 6.04. The van der Waals surface area contributed by atoms with Gasteiger partial charge in [-0.15, -0.1) is 0 Å². The molecule has 0 unspecified atom stereocenters. The lowest BCUT2D eigenvalue weighted by molar-refractivity contribution is 1.13. The summed E-state index contributed by atoms with van der Waals surface area (Å²) in [5, 5.41) is 0. The molecule has 0 amide bonds. The van der Waals surface area contributed by atoms with Crippen LogP contribution >= 0.6 is 0 Å². The predicted octanol–water partition coefficient (Wildman–Crippen LogP) is 3.31. The number of hydrogen-bond donors (Lipinski definition) is 1. The minimum absolute atomic E-state index is 0.836. The van der Waals surface area contributed by atoms with Crippen LogP contribution in [0.15, 0.2) is 42.5 Å². The van der Waals surface area contributed by atoms with Crippen LogP contribution in [0, 0.1) is 6.92 Å². The van der Waals surface area contributed by atoms with E-state index >= 15 is 0 Å². The summed E-state index contributed by atoms with van der Waals surface area (Å²) in [5.41, 5.74) is 11.6. The molecule has 0 fully saturated rings. The predicted molar refractivity (Wildman–Crippen MR) is 75.4 cm³/mol. The molecule has 0 spiro atoms. The third-order valence-electron chi connectivity index (χ3n) is 2.98. The molecule has 2 N–H and O–H groups in total. The molecule has 17 heavy (non-hydrogen) atoms. The van der Waals surface area contributed by atoms with Crippen molar-refractivity contribution >= 4 is 11.4 Å². The van der Waals surface area contributed by atoms with E-state index in [9.17, 15) is 0 Å². The van der Waals surface area contributed by atoms with Crippen LogP contribution in [0.4, 0.5) is 11.4 Å². The van der Waals surface area contributed by atoms with Gasteiger partial charge in [-0.1, -0.05) is 24.3 Å². The van der Waals surface area contributed by atoms with Gasteiger partial charge in [-0.2, -0.15) is 0 Å². The van der Waals surface area contributed by atoms with Crippen molar-refractivity contribution in [1.82, 2.24) is 0 Å². The van der Waals surface area contributed by atoms with Gasteiger partial charge < -0.3 is 10.6 Å². The van der Waals surface area contributed by atoms with E-state index in [-0.39, 0.29) is 0 Å². The summed E-state index contributed by atoms with van der Waals surface area (Å²) in [6.45, 7) is 2.09.